The summed E-state index contributed by atoms with van der Waals surface area (Å²) in [5.41, 5.74) is 1.83. The number of anilines is 1. The number of hydrogen-bond acceptors (Lipinski definition) is 3. The van der Waals surface area contributed by atoms with Gasteiger partial charge in [0, 0.05) is 37.1 Å². The molecule has 1 saturated heterocycles. The maximum absolute atomic E-state index is 12.1. The van der Waals surface area contributed by atoms with Crippen LogP contribution >= 0.6 is 0 Å². The lowest BCUT2D eigenvalue weighted by molar-refractivity contribution is -0.116. The molecule has 2 N–H and O–H groups in total. The fraction of sp³-hybridized carbons (Fsp3) is 0.412. The molecule has 1 amide bonds. The van der Waals surface area contributed by atoms with E-state index in [1.165, 1.54) is 6.42 Å². The maximum Gasteiger partial charge on any atom is 0.224 e. The van der Waals surface area contributed by atoms with E-state index >= 15 is 0 Å². The van der Waals surface area contributed by atoms with Gasteiger partial charge in [-0.25, -0.2) is 4.98 Å². The molecule has 22 heavy (non-hydrogen) atoms. The van der Waals surface area contributed by atoms with Crippen LogP contribution in [0.15, 0.2) is 36.7 Å². The molecule has 1 aromatic heterocycles. The molecule has 0 radical (unpaired) electrons. The van der Waals surface area contributed by atoms with Crippen molar-refractivity contribution in [3.8, 4) is 11.4 Å². The summed E-state index contributed by atoms with van der Waals surface area (Å²) in [6, 6.07) is 7.83. The second kappa shape index (κ2) is 6.75. The van der Waals surface area contributed by atoms with E-state index in [4.69, 9.17) is 0 Å². The molecular weight excluding hydrogens is 276 g/mol. The quantitative estimate of drug-likeness (QED) is 0.891. The predicted octanol–water partition coefficient (Wildman–Crippen LogP) is 2.42. The first-order valence-corrected chi connectivity index (χ1v) is 7.81. The van der Waals surface area contributed by atoms with E-state index in [2.05, 4.69) is 15.6 Å². The lowest BCUT2D eigenvalue weighted by Crippen LogP contribution is -2.15. The molecule has 116 valence electrons. The summed E-state index contributed by atoms with van der Waals surface area (Å²) < 4.78 is 1.97. The molecule has 1 unspecified atom stereocenters. The monoisotopic (exact) mass is 298 g/mol. The zero-order valence-electron chi connectivity index (χ0n) is 12.9. The van der Waals surface area contributed by atoms with Gasteiger partial charge in [-0.05, 0) is 44.0 Å². The van der Waals surface area contributed by atoms with Crippen LogP contribution in [0.5, 0.6) is 0 Å². The molecule has 5 nitrogen and oxygen atoms in total. The number of aromatic nitrogens is 2. The third kappa shape index (κ3) is 3.54. The first-order valence-electron chi connectivity index (χ1n) is 7.81. The second-order valence-corrected chi connectivity index (χ2v) is 5.89. The van der Waals surface area contributed by atoms with Crippen molar-refractivity contribution < 1.29 is 4.79 Å². The zero-order valence-corrected chi connectivity index (χ0v) is 12.9. The van der Waals surface area contributed by atoms with Crippen LogP contribution < -0.4 is 10.6 Å². The predicted molar refractivity (Wildman–Crippen MR) is 87.5 cm³/mol. The third-order valence-electron chi connectivity index (χ3n) is 4.17. The van der Waals surface area contributed by atoms with Crippen LogP contribution in [0.3, 0.4) is 0 Å². The van der Waals surface area contributed by atoms with E-state index in [9.17, 15) is 4.79 Å². The smallest absolute Gasteiger partial charge is 0.224 e. The van der Waals surface area contributed by atoms with Gasteiger partial charge in [0.05, 0.1) is 0 Å². The minimum Gasteiger partial charge on any atom is -0.334 e. The number of imidazole rings is 1. The van der Waals surface area contributed by atoms with Crippen molar-refractivity contribution in [1.82, 2.24) is 14.9 Å². The molecule has 2 aromatic rings. The van der Waals surface area contributed by atoms with E-state index < -0.39 is 0 Å². The summed E-state index contributed by atoms with van der Waals surface area (Å²) in [5, 5.41) is 6.32. The normalized spacial score (nSPS) is 17.6. The van der Waals surface area contributed by atoms with Crippen LogP contribution in [0.2, 0.25) is 0 Å². The van der Waals surface area contributed by atoms with Gasteiger partial charge in [-0.3, -0.25) is 4.79 Å². The van der Waals surface area contributed by atoms with Crippen LogP contribution in [0, 0.1) is 5.92 Å². The molecule has 1 aliphatic rings. The summed E-state index contributed by atoms with van der Waals surface area (Å²) in [6.45, 7) is 2.12. The van der Waals surface area contributed by atoms with Gasteiger partial charge in [0.2, 0.25) is 5.91 Å². The number of carbonyl (C=O) groups excluding carboxylic acids is 1. The molecule has 1 aliphatic heterocycles. The van der Waals surface area contributed by atoms with Crippen LogP contribution in [-0.2, 0) is 11.8 Å². The van der Waals surface area contributed by atoms with Gasteiger partial charge >= 0.3 is 0 Å². The van der Waals surface area contributed by atoms with Crippen LogP contribution in [-0.4, -0.2) is 28.5 Å². The number of amides is 1. The number of hydrogen-bond donors (Lipinski definition) is 2. The molecule has 0 saturated carbocycles. The van der Waals surface area contributed by atoms with Crippen LogP contribution in [0.4, 0.5) is 5.69 Å². The van der Waals surface area contributed by atoms with Crippen molar-refractivity contribution in [3.05, 3.63) is 36.7 Å². The van der Waals surface area contributed by atoms with E-state index in [0.717, 1.165) is 36.6 Å². The van der Waals surface area contributed by atoms with Crippen molar-refractivity contribution in [1.29, 1.82) is 0 Å². The Bertz CT molecular complexity index is 644. The number of rotatable bonds is 5. The maximum atomic E-state index is 12.1. The van der Waals surface area contributed by atoms with Gasteiger partial charge < -0.3 is 15.2 Å². The first kappa shape index (κ1) is 14.8. The minimum atomic E-state index is 0.0869. The highest BCUT2D eigenvalue weighted by Gasteiger charge is 2.15. The number of aryl methyl sites for hydroxylation is 1. The topological polar surface area (TPSA) is 59.0 Å². The summed E-state index contributed by atoms with van der Waals surface area (Å²) in [5.74, 6) is 1.63. The van der Waals surface area contributed by atoms with Crippen molar-refractivity contribution in [3.63, 3.8) is 0 Å². The van der Waals surface area contributed by atoms with E-state index in [0.29, 0.717) is 12.3 Å². The highest BCUT2D eigenvalue weighted by molar-refractivity contribution is 5.91. The van der Waals surface area contributed by atoms with Crippen LogP contribution in [0.1, 0.15) is 19.3 Å². The molecule has 1 aromatic carbocycles. The SMILES string of the molecule is Cn1ccnc1-c1cccc(NC(=O)CCC2CCNC2)c1. The number of nitrogens with zero attached hydrogens (tertiary/aromatic N) is 2. The Hall–Kier alpha value is -2.14. The van der Waals surface area contributed by atoms with E-state index in [1.807, 2.05) is 42.1 Å². The largest absolute Gasteiger partial charge is 0.334 e. The Morgan fingerprint density at radius 1 is 1.50 bits per heavy atom. The molecule has 1 fully saturated rings. The molecule has 1 atom stereocenters. The second-order valence-electron chi connectivity index (χ2n) is 5.89. The van der Waals surface area contributed by atoms with Gasteiger partial charge in [0.1, 0.15) is 5.82 Å². The van der Waals surface area contributed by atoms with Crippen LogP contribution in [0.25, 0.3) is 11.4 Å². The first-order chi connectivity index (χ1) is 10.7. The van der Waals surface area contributed by atoms with Gasteiger partial charge in [-0.1, -0.05) is 12.1 Å². The lowest BCUT2D eigenvalue weighted by Gasteiger charge is -2.10. The van der Waals surface area contributed by atoms with Crippen molar-refractivity contribution in [2.75, 3.05) is 18.4 Å². The number of benzene rings is 1. The zero-order chi connectivity index (χ0) is 15.4. The Kier molecular flexibility index (Phi) is 4.53. The van der Waals surface area contributed by atoms with E-state index in [-0.39, 0.29) is 5.91 Å². The third-order valence-corrected chi connectivity index (χ3v) is 4.17. The summed E-state index contributed by atoms with van der Waals surface area (Å²) in [4.78, 5) is 16.4. The average Bonchev–Trinajstić information content (AvgIpc) is 3.16. The highest BCUT2D eigenvalue weighted by Crippen LogP contribution is 2.21. The summed E-state index contributed by atoms with van der Waals surface area (Å²) >= 11 is 0. The standard InChI is InChI=1S/C17H22N4O/c1-21-10-9-19-17(21)14-3-2-4-15(11-14)20-16(22)6-5-13-7-8-18-12-13/h2-4,9-11,13,18H,5-8,12H2,1H3,(H,20,22). The van der Waals surface area contributed by atoms with Gasteiger partial charge in [-0.15, -0.1) is 0 Å². The fourth-order valence-corrected chi connectivity index (χ4v) is 2.90. The highest BCUT2D eigenvalue weighted by atomic mass is 16.1. The Morgan fingerprint density at radius 2 is 2.41 bits per heavy atom. The Labute approximate surface area is 130 Å². The van der Waals surface area contributed by atoms with Crippen molar-refractivity contribution >= 4 is 11.6 Å². The van der Waals surface area contributed by atoms with Gasteiger partial charge in [-0.2, -0.15) is 0 Å². The molecule has 0 aliphatic carbocycles. The van der Waals surface area contributed by atoms with E-state index in [1.54, 1.807) is 6.20 Å². The van der Waals surface area contributed by atoms with Gasteiger partial charge in [0.15, 0.2) is 0 Å². The summed E-state index contributed by atoms with van der Waals surface area (Å²) in [6.07, 6.45) is 6.41. The van der Waals surface area contributed by atoms with Crippen molar-refractivity contribution in [2.24, 2.45) is 13.0 Å². The molecule has 2 heterocycles. The Balaban J connectivity index is 1.60. The molecule has 3 rings (SSSR count). The molecule has 0 bridgehead atoms. The fourth-order valence-electron chi connectivity index (χ4n) is 2.90. The number of nitrogens with one attached hydrogen (secondary N) is 2. The average molecular weight is 298 g/mol. The van der Waals surface area contributed by atoms with Crippen molar-refractivity contribution in [2.45, 2.75) is 19.3 Å². The minimum absolute atomic E-state index is 0.0869. The Morgan fingerprint density at radius 3 is 3.14 bits per heavy atom. The molecule has 0 spiro atoms. The lowest BCUT2D eigenvalue weighted by atomic mass is 10.0. The molecular formula is C17H22N4O. The van der Waals surface area contributed by atoms with Gasteiger partial charge in [0.25, 0.3) is 0 Å². The molecule has 5 heteroatoms. The summed E-state index contributed by atoms with van der Waals surface area (Å²) in [7, 11) is 1.96. The number of carbonyl (C=O) groups is 1.